The van der Waals surface area contributed by atoms with Crippen molar-refractivity contribution in [1.82, 2.24) is 15.1 Å². The molecule has 5 nitrogen and oxygen atoms in total. The molecule has 1 saturated heterocycles. The van der Waals surface area contributed by atoms with Crippen LogP contribution in [0, 0.1) is 5.92 Å². The van der Waals surface area contributed by atoms with E-state index in [-0.39, 0.29) is 18.1 Å². The Kier molecular flexibility index (Phi) is 8.06. The standard InChI is InChI=1S/C24H35Cl2FN4O/c1-29(20-15-18(27)16-20)24(32)28-19-7-5-17(6-8-19)9-10-30-11-13-31(14-12-30)22-4-2-3-21(25)23(22)26/h2-4,17-20H,5-16H2,1H3,(H,28,32). The molecule has 1 aromatic rings. The Morgan fingerprint density at radius 3 is 2.47 bits per heavy atom. The van der Waals surface area contributed by atoms with Gasteiger partial charge in [0.25, 0.3) is 0 Å². The summed E-state index contributed by atoms with van der Waals surface area (Å²) in [6, 6.07) is 6.12. The number of urea groups is 1. The molecule has 3 fully saturated rings. The number of anilines is 1. The normalized spacial score (nSPS) is 28.8. The maximum Gasteiger partial charge on any atom is 0.317 e. The minimum atomic E-state index is -0.733. The maximum absolute atomic E-state index is 13.1. The van der Waals surface area contributed by atoms with E-state index in [2.05, 4.69) is 15.1 Å². The SMILES string of the molecule is CN(C(=O)NC1CCC(CCN2CCN(c3cccc(Cl)c3Cl)CC2)CC1)C1CC(F)C1. The summed E-state index contributed by atoms with van der Waals surface area (Å²) in [6.07, 6.45) is 5.88. The average molecular weight is 485 g/mol. The number of amides is 2. The van der Waals surface area contributed by atoms with Gasteiger partial charge in [0.2, 0.25) is 0 Å². The van der Waals surface area contributed by atoms with E-state index in [0.717, 1.165) is 57.2 Å². The number of halogens is 3. The monoisotopic (exact) mass is 484 g/mol. The number of nitrogens with zero attached hydrogens (tertiary/aromatic N) is 3. The molecule has 0 spiro atoms. The minimum absolute atomic E-state index is 0.0389. The molecule has 0 atom stereocenters. The lowest BCUT2D eigenvalue weighted by Crippen LogP contribution is -2.52. The Balaban J connectivity index is 1.12. The molecule has 0 bridgehead atoms. The Labute approximate surface area is 201 Å². The summed E-state index contributed by atoms with van der Waals surface area (Å²) in [6.45, 7) is 5.16. The summed E-state index contributed by atoms with van der Waals surface area (Å²) in [5.41, 5.74) is 1.03. The molecule has 2 aliphatic carbocycles. The van der Waals surface area contributed by atoms with Gasteiger partial charge in [0, 0.05) is 45.3 Å². The molecule has 1 N–H and O–H groups in total. The smallest absolute Gasteiger partial charge is 0.317 e. The van der Waals surface area contributed by atoms with E-state index in [0.29, 0.717) is 22.9 Å². The summed E-state index contributed by atoms with van der Waals surface area (Å²) in [5.74, 6) is 0.736. The first-order chi connectivity index (χ1) is 15.4. The van der Waals surface area contributed by atoms with Crippen molar-refractivity contribution in [2.24, 2.45) is 5.92 Å². The topological polar surface area (TPSA) is 38.8 Å². The first-order valence-corrected chi connectivity index (χ1v) is 12.7. The zero-order valence-electron chi connectivity index (χ0n) is 18.9. The van der Waals surface area contributed by atoms with E-state index in [1.165, 1.54) is 19.3 Å². The first-order valence-electron chi connectivity index (χ1n) is 12.0. The number of hydrogen-bond acceptors (Lipinski definition) is 3. The third-order valence-corrected chi connectivity index (χ3v) is 8.40. The lowest BCUT2D eigenvalue weighted by atomic mass is 9.84. The van der Waals surface area contributed by atoms with Crippen molar-refractivity contribution in [3.8, 4) is 0 Å². The van der Waals surface area contributed by atoms with Crippen LogP contribution < -0.4 is 10.2 Å². The van der Waals surface area contributed by atoms with E-state index in [1.807, 2.05) is 18.2 Å². The van der Waals surface area contributed by atoms with Crippen molar-refractivity contribution >= 4 is 34.9 Å². The molecule has 32 heavy (non-hydrogen) atoms. The number of hydrogen-bond donors (Lipinski definition) is 1. The van der Waals surface area contributed by atoms with E-state index in [9.17, 15) is 9.18 Å². The van der Waals surface area contributed by atoms with Crippen molar-refractivity contribution in [3.05, 3.63) is 28.2 Å². The molecule has 0 unspecified atom stereocenters. The predicted octanol–water partition coefficient (Wildman–Crippen LogP) is 5.21. The van der Waals surface area contributed by atoms with Crippen molar-refractivity contribution in [3.63, 3.8) is 0 Å². The number of piperazine rings is 1. The fourth-order valence-corrected chi connectivity index (χ4v) is 5.60. The van der Waals surface area contributed by atoms with Gasteiger partial charge in [0.1, 0.15) is 6.17 Å². The molecule has 1 heterocycles. The second-order valence-corrected chi connectivity index (χ2v) is 10.5. The molecule has 8 heteroatoms. The van der Waals surface area contributed by atoms with Crippen LogP contribution in [-0.2, 0) is 0 Å². The number of nitrogens with one attached hydrogen (secondary N) is 1. The average Bonchev–Trinajstić information content (AvgIpc) is 2.78. The number of alkyl halides is 1. The van der Waals surface area contributed by atoms with Crippen LogP contribution >= 0.6 is 23.2 Å². The van der Waals surface area contributed by atoms with Crippen LogP contribution in [0.15, 0.2) is 18.2 Å². The predicted molar refractivity (Wildman–Crippen MR) is 130 cm³/mol. The highest BCUT2D eigenvalue weighted by Gasteiger charge is 2.35. The number of benzene rings is 1. The van der Waals surface area contributed by atoms with Crippen LogP contribution in [0.5, 0.6) is 0 Å². The van der Waals surface area contributed by atoms with Gasteiger partial charge in [-0.2, -0.15) is 0 Å². The maximum atomic E-state index is 13.1. The third kappa shape index (κ3) is 5.81. The number of carbonyl (C=O) groups is 1. The van der Waals surface area contributed by atoms with Gasteiger partial charge < -0.3 is 15.1 Å². The number of rotatable bonds is 6. The van der Waals surface area contributed by atoms with Crippen LogP contribution in [0.25, 0.3) is 0 Å². The van der Waals surface area contributed by atoms with E-state index >= 15 is 0 Å². The van der Waals surface area contributed by atoms with Crippen LogP contribution in [0.2, 0.25) is 10.0 Å². The van der Waals surface area contributed by atoms with Crippen molar-refractivity contribution in [1.29, 1.82) is 0 Å². The largest absolute Gasteiger partial charge is 0.368 e. The highest BCUT2D eigenvalue weighted by Crippen LogP contribution is 2.33. The van der Waals surface area contributed by atoms with Gasteiger partial charge in [-0.05, 0) is 69.5 Å². The Bertz CT molecular complexity index is 775. The van der Waals surface area contributed by atoms with Gasteiger partial charge in [0.05, 0.1) is 15.7 Å². The van der Waals surface area contributed by atoms with Crippen molar-refractivity contribution in [2.75, 3.05) is 44.7 Å². The first kappa shape index (κ1) is 23.9. The van der Waals surface area contributed by atoms with Gasteiger partial charge in [-0.1, -0.05) is 29.3 Å². The molecular formula is C24H35Cl2FN4O. The number of carbonyl (C=O) groups excluding carboxylic acids is 1. The summed E-state index contributed by atoms with van der Waals surface area (Å²) in [5, 5.41) is 4.43. The molecule has 3 aliphatic rings. The van der Waals surface area contributed by atoms with Crippen LogP contribution in [-0.4, -0.2) is 73.9 Å². The van der Waals surface area contributed by atoms with E-state index in [1.54, 1.807) is 11.9 Å². The zero-order chi connectivity index (χ0) is 22.7. The van der Waals surface area contributed by atoms with Gasteiger partial charge >= 0.3 is 6.03 Å². The van der Waals surface area contributed by atoms with Gasteiger partial charge in [0.15, 0.2) is 0 Å². The molecule has 1 aromatic carbocycles. The van der Waals surface area contributed by atoms with Crippen molar-refractivity contribution in [2.45, 2.75) is 63.2 Å². The molecule has 2 amide bonds. The highest BCUT2D eigenvalue weighted by molar-refractivity contribution is 6.43. The highest BCUT2D eigenvalue weighted by atomic mass is 35.5. The molecule has 2 saturated carbocycles. The lowest BCUT2D eigenvalue weighted by molar-refractivity contribution is 0.0856. The molecule has 178 valence electrons. The zero-order valence-corrected chi connectivity index (χ0v) is 20.4. The molecule has 0 radical (unpaired) electrons. The quantitative estimate of drug-likeness (QED) is 0.602. The van der Waals surface area contributed by atoms with Gasteiger partial charge in [-0.3, -0.25) is 4.90 Å². The Hall–Kier alpha value is -1.24. The van der Waals surface area contributed by atoms with Crippen LogP contribution in [0.1, 0.15) is 44.9 Å². The second-order valence-electron chi connectivity index (χ2n) is 9.69. The van der Waals surface area contributed by atoms with Crippen LogP contribution in [0.3, 0.4) is 0 Å². The van der Waals surface area contributed by atoms with Crippen molar-refractivity contribution < 1.29 is 9.18 Å². The summed E-state index contributed by atoms with van der Waals surface area (Å²) >= 11 is 12.6. The lowest BCUT2D eigenvalue weighted by Gasteiger charge is -2.39. The molecule has 1 aliphatic heterocycles. The molecule has 0 aromatic heterocycles. The minimum Gasteiger partial charge on any atom is -0.368 e. The van der Waals surface area contributed by atoms with E-state index < -0.39 is 6.17 Å². The molecule has 4 rings (SSSR count). The van der Waals surface area contributed by atoms with Gasteiger partial charge in [-0.25, -0.2) is 9.18 Å². The third-order valence-electron chi connectivity index (χ3n) is 7.60. The van der Waals surface area contributed by atoms with E-state index in [4.69, 9.17) is 23.2 Å². The fraction of sp³-hybridized carbons (Fsp3) is 0.708. The van der Waals surface area contributed by atoms with Gasteiger partial charge in [-0.15, -0.1) is 0 Å². The van der Waals surface area contributed by atoms with Crippen LogP contribution in [0.4, 0.5) is 14.9 Å². The summed E-state index contributed by atoms with van der Waals surface area (Å²) in [7, 11) is 1.79. The molecular weight excluding hydrogens is 450 g/mol. The second kappa shape index (κ2) is 10.8. The summed E-state index contributed by atoms with van der Waals surface area (Å²) in [4.78, 5) is 19.0. The Morgan fingerprint density at radius 1 is 1.12 bits per heavy atom. The fourth-order valence-electron chi connectivity index (χ4n) is 5.19. The Morgan fingerprint density at radius 2 is 1.81 bits per heavy atom. The summed E-state index contributed by atoms with van der Waals surface area (Å²) < 4.78 is 13.1.